The van der Waals surface area contributed by atoms with E-state index in [1.807, 2.05) is 18.7 Å². The second-order valence-corrected chi connectivity index (χ2v) is 4.68. The molecule has 0 spiro atoms. The minimum Gasteiger partial charge on any atom is -0.336 e. The first-order chi connectivity index (χ1) is 7.59. The van der Waals surface area contributed by atoms with E-state index in [9.17, 15) is 0 Å². The van der Waals surface area contributed by atoms with Crippen molar-refractivity contribution in [1.29, 1.82) is 0 Å². The van der Waals surface area contributed by atoms with Crippen molar-refractivity contribution in [2.24, 2.45) is 0 Å². The standard InChI is InChI=1S/C12H24N4/c1-12(2)15(4)9-7-14(3)8-10-16-6-5-13-11-16/h5-6,11-12H,7-10H2,1-4H3. The van der Waals surface area contributed by atoms with Crippen molar-refractivity contribution in [2.45, 2.75) is 26.4 Å². The van der Waals surface area contributed by atoms with E-state index in [2.05, 4.69) is 47.3 Å². The number of hydrogen-bond donors (Lipinski definition) is 0. The Morgan fingerprint density at radius 2 is 1.94 bits per heavy atom. The van der Waals surface area contributed by atoms with Crippen LogP contribution in [0.5, 0.6) is 0 Å². The molecule has 0 aromatic carbocycles. The Hall–Kier alpha value is -0.870. The van der Waals surface area contributed by atoms with Crippen molar-refractivity contribution < 1.29 is 0 Å². The van der Waals surface area contributed by atoms with Gasteiger partial charge in [-0.05, 0) is 27.9 Å². The molecule has 0 saturated heterocycles. The Labute approximate surface area is 98.9 Å². The van der Waals surface area contributed by atoms with Crippen LogP contribution in [0.4, 0.5) is 0 Å². The summed E-state index contributed by atoms with van der Waals surface area (Å²) >= 11 is 0. The van der Waals surface area contributed by atoms with Gasteiger partial charge in [0.2, 0.25) is 0 Å². The van der Waals surface area contributed by atoms with E-state index in [-0.39, 0.29) is 0 Å². The lowest BCUT2D eigenvalue weighted by molar-refractivity contribution is 0.221. The lowest BCUT2D eigenvalue weighted by atomic mass is 10.3. The van der Waals surface area contributed by atoms with E-state index in [1.165, 1.54) is 0 Å². The average molecular weight is 224 g/mol. The largest absolute Gasteiger partial charge is 0.336 e. The summed E-state index contributed by atoms with van der Waals surface area (Å²) in [5.41, 5.74) is 0. The summed E-state index contributed by atoms with van der Waals surface area (Å²) < 4.78 is 2.11. The van der Waals surface area contributed by atoms with Crippen molar-refractivity contribution in [3.05, 3.63) is 18.7 Å². The van der Waals surface area contributed by atoms with Gasteiger partial charge in [-0.1, -0.05) is 0 Å². The zero-order valence-electron chi connectivity index (χ0n) is 10.9. The fraction of sp³-hybridized carbons (Fsp3) is 0.750. The molecule has 0 atom stereocenters. The second kappa shape index (κ2) is 6.66. The van der Waals surface area contributed by atoms with Crippen LogP contribution in [0.1, 0.15) is 13.8 Å². The van der Waals surface area contributed by atoms with Gasteiger partial charge in [0.1, 0.15) is 0 Å². The summed E-state index contributed by atoms with van der Waals surface area (Å²) in [6, 6.07) is 0.627. The normalized spacial score (nSPS) is 11.9. The fourth-order valence-corrected chi connectivity index (χ4v) is 1.40. The third-order valence-corrected chi connectivity index (χ3v) is 3.02. The minimum atomic E-state index is 0.627. The van der Waals surface area contributed by atoms with Gasteiger partial charge in [0.15, 0.2) is 0 Å². The molecule has 1 aromatic heterocycles. The molecular formula is C12H24N4. The molecule has 4 nitrogen and oxygen atoms in total. The topological polar surface area (TPSA) is 24.3 Å². The zero-order chi connectivity index (χ0) is 12.0. The molecule has 92 valence electrons. The molecule has 16 heavy (non-hydrogen) atoms. The van der Waals surface area contributed by atoms with E-state index in [1.54, 1.807) is 0 Å². The van der Waals surface area contributed by atoms with Crippen molar-refractivity contribution in [2.75, 3.05) is 33.7 Å². The summed E-state index contributed by atoms with van der Waals surface area (Å²) in [7, 11) is 4.35. The Kier molecular flexibility index (Phi) is 5.49. The maximum absolute atomic E-state index is 4.03. The van der Waals surface area contributed by atoms with Gasteiger partial charge in [0.05, 0.1) is 6.33 Å². The molecule has 0 amide bonds. The minimum absolute atomic E-state index is 0.627. The molecule has 0 fully saturated rings. The molecule has 1 heterocycles. The molecule has 0 aliphatic heterocycles. The first-order valence-corrected chi connectivity index (χ1v) is 5.94. The van der Waals surface area contributed by atoms with Crippen LogP contribution in [-0.2, 0) is 6.54 Å². The average Bonchev–Trinajstić information content (AvgIpc) is 2.75. The van der Waals surface area contributed by atoms with Crippen molar-refractivity contribution in [3.8, 4) is 0 Å². The molecule has 0 saturated carbocycles. The third-order valence-electron chi connectivity index (χ3n) is 3.02. The molecular weight excluding hydrogens is 200 g/mol. The quantitative estimate of drug-likeness (QED) is 0.694. The third kappa shape index (κ3) is 4.77. The van der Waals surface area contributed by atoms with Crippen LogP contribution in [0.15, 0.2) is 18.7 Å². The number of imidazole rings is 1. The van der Waals surface area contributed by atoms with Gasteiger partial charge < -0.3 is 14.4 Å². The first kappa shape index (κ1) is 13.2. The maximum Gasteiger partial charge on any atom is 0.0946 e. The molecule has 0 aliphatic carbocycles. The lowest BCUT2D eigenvalue weighted by Gasteiger charge is -2.24. The second-order valence-electron chi connectivity index (χ2n) is 4.68. The molecule has 0 radical (unpaired) electrons. The predicted molar refractivity (Wildman–Crippen MR) is 67.5 cm³/mol. The Bertz CT molecular complexity index is 269. The van der Waals surface area contributed by atoms with Gasteiger partial charge in [-0.25, -0.2) is 4.98 Å². The van der Waals surface area contributed by atoms with Crippen LogP contribution in [0.3, 0.4) is 0 Å². The Morgan fingerprint density at radius 1 is 1.19 bits per heavy atom. The molecule has 0 N–H and O–H groups in total. The summed E-state index contributed by atoms with van der Waals surface area (Å²) in [6.45, 7) is 8.78. The smallest absolute Gasteiger partial charge is 0.0946 e. The highest BCUT2D eigenvalue weighted by molar-refractivity contribution is 4.74. The molecule has 0 unspecified atom stereocenters. The Balaban J connectivity index is 2.13. The van der Waals surface area contributed by atoms with Crippen LogP contribution in [0, 0.1) is 0 Å². The number of hydrogen-bond acceptors (Lipinski definition) is 3. The molecule has 1 aromatic rings. The van der Waals surface area contributed by atoms with Gasteiger partial charge in [0, 0.05) is 44.6 Å². The van der Waals surface area contributed by atoms with Crippen LogP contribution >= 0.6 is 0 Å². The van der Waals surface area contributed by atoms with E-state index >= 15 is 0 Å². The van der Waals surface area contributed by atoms with Crippen LogP contribution < -0.4 is 0 Å². The monoisotopic (exact) mass is 224 g/mol. The van der Waals surface area contributed by atoms with Crippen LogP contribution in [0.25, 0.3) is 0 Å². The first-order valence-electron chi connectivity index (χ1n) is 5.94. The zero-order valence-corrected chi connectivity index (χ0v) is 10.9. The number of rotatable bonds is 7. The van der Waals surface area contributed by atoms with E-state index in [0.717, 1.165) is 26.2 Å². The van der Waals surface area contributed by atoms with Crippen LogP contribution in [0.2, 0.25) is 0 Å². The van der Waals surface area contributed by atoms with E-state index in [4.69, 9.17) is 0 Å². The number of nitrogens with zero attached hydrogens (tertiary/aromatic N) is 4. The number of aromatic nitrogens is 2. The molecule has 0 aliphatic rings. The summed E-state index contributed by atoms with van der Waals surface area (Å²) in [4.78, 5) is 8.76. The summed E-state index contributed by atoms with van der Waals surface area (Å²) in [5, 5.41) is 0. The highest BCUT2D eigenvalue weighted by Gasteiger charge is 2.04. The maximum atomic E-state index is 4.03. The van der Waals surface area contributed by atoms with Crippen LogP contribution in [-0.4, -0.2) is 59.1 Å². The van der Waals surface area contributed by atoms with E-state index < -0.39 is 0 Å². The van der Waals surface area contributed by atoms with Crippen molar-refractivity contribution in [3.63, 3.8) is 0 Å². The molecule has 0 bridgehead atoms. The van der Waals surface area contributed by atoms with Gasteiger partial charge in [-0.2, -0.15) is 0 Å². The SMILES string of the molecule is CC(C)N(C)CCN(C)CCn1ccnc1. The van der Waals surface area contributed by atoms with Crippen molar-refractivity contribution in [1.82, 2.24) is 19.4 Å². The van der Waals surface area contributed by atoms with Gasteiger partial charge in [0.25, 0.3) is 0 Å². The highest BCUT2D eigenvalue weighted by atomic mass is 15.2. The van der Waals surface area contributed by atoms with Crippen molar-refractivity contribution >= 4 is 0 Å². The molecule has 1 rings (SSSR count). The van der Waals surface area contributed by atoms with Gasteiger partial charge in [-0.3, -0.25) is 0 Å². The lowest BCUT2D eigenvalue weighted by Crippen LogP contribution is -2.35. The van der Waals surface area contributed by atoms with Gasteiger partial charge in [-0.15, -0.1) is 0 Å². The highest BCUT2D eigenvalue weighted by Crippen LogP contribution is 1.94. The fourth-order valence-electron chi connectivity index (χ4n) is 1.40. The number of likely N-dealkylation sites (N-methyl/N-ethyl adjacent to an activating group) is 2. The van der Waals surface area contributed by atoms with E-state index in [0.29, 0.717) is 6.04 Å². The van der Waals surface area contributed by atoms with Gasteiger partial charge >= 0.3 is 0 Å². The predicted octanol–water partition coefficient (Wildman–Crippen LogP) is 1.16. The summed E-state index contributed by atoms with van der Waals surface area (Å²) in [6.07, 6.45) is 5.70. The molecule has 4 heteroatoms. The summed E-state index contributed by atoms with van der Waals surface area (Å²) in [5.74, 6) is 0. The Morgan fingerprint density at radius 3 is 2.50 bits per heavy atom.